The minimum atomic E-state index is -0.782. The van der Waals surface area contributed by atoms with E-state index in [4.69, 9.17) is 4.74 Å². The van der Waals surface area contributed by atoms with Gasteiger partial charge in [0.15, 0.2) is 23.1 Å². The lowest BCUT2D eigenvalue weighted by atomic mass is 10.2. The lowest BCUT2D eigenvalue weighted by Crippen LogP contribution is -2.05. The highest BCUT2D eigenvalue weighted by atomic mass is 79.9. The summed E-state index contributed by atoms with van der Waals surface area (Å²) in [4.78, 5) is 11.5. The van der Waals surface area contributed by atoms with E-state index in [9.17, 15) is 13.6 Å². The second-order valence-electron chi connectivity index (χ2n) is 3.78. The summed E-state index contributed by atoms with van der Waals surface area (Å²) in [6.07, 6.45) is 0. The van der Waals surface area contributed by atoms with Crippen LogP contribution in [0.15, 0.2) is 40.9 Å². The first-order valence-corrected chi connectivity index (χ1v) is 6.32. The highest BCUT2D eigenvalue weighted by molar-refractivity contribution is 9.10. The van der Waals surface area contributed by atoms with Crippen LogP contribution in [0.5, 0.6) is 11.5 Å². The van der Waals surface area contributed by atoms with Gasteiger partial charge in [-0.05, 0) is 30.3 Å². The van der Waals surface area contributed by atoms with E-state index in [0.29, 0.717) is 4.47 Å². The molecule has 0 bridgehead atoms. The Hall–Kier alpha value is -1.95. The molecule has 0 aliphatic heterocycles. The van der Waals surface area contributed by atoms with Gasteiger partial charge in [-0.2, -0.15) is 0 Å². The maximum Gasteiger partial charge on any atom is 0.341 e. The van der Waals surface area contributed by atoms with Crippen LogP contribution < -0.4 is 4.74 Å². The lowest BCUT2D eigenvalue weighted by Gasteiger charge is -2.11. The molecule has 0 unspecified atom stereocenters. The van der Waals surface area contributed by atoms with Gasteiger partial charge >= 0.3 is 5.97 Å². The van der Waals surface area contributed by atoms with Gasteiger partial charge in [-0.25, -0.2) is 13.6 Å². The third-order valence-electron chi connectivity index (χ3n) is 2.48. The Morgan fingerprint density at radius 1 is 1.15 bits per heavy atom. The third-order valence-corrected chi connectivity index (χ3v) is 2.97. The molecule has 0 N–H and O–H groups in total. The Balaban J connectivity index is 2.45. The van der Waals surface area contributed by atoms with Gasteiger partial charge in [-0.15, -0.1) is 0 Å². The normalized spacial score (nSPS) is 10.2. The molecular formula is C14H9BrF2O3. The Bertz CT molecular complexity index is 659. The molecule has 2 aromatic carbocycles. The number of carbonyl (C=O) groups is 1. The van der Waals surface area contributed by atoms with Crippen LogP contribution in [-0.4, -0.2) is 13.1 Å². The number of hydrogen-bond acceptors (Lipinski definition) is 3. The Morgan fingerprint density at radius 2 is 1.90 bits per heavy atom. The van der Waals surface area contributed by atoms with Gasteiger partial charge in [-0.1, -0.05) is 22.0 Å². The molecule has 3 nitrogen and oxygen atoms in total. The standard InChI is InChI=1S/C14H9BrF2O3/c1-19-14(18)9-3-2-4-10(16)13(9)20-12-6-5-8(15)7-11(12)17/h2-7H,1H3. The highest BCUT2D eigenvalue weighted by Crippen LogP contribution is 2.31. The van der Waals surface area contributed by atoms with Crippen molar-refractivity contribution in [3.63, 3.8) is 0 Å². The van der Waals surface area contributed by atoms with Crippen LogP contribution in [0.1, 0.15) is 10.4 Å². The summed E-state index contributed by atoms with van der Waals surface area (Å²) < 4.78 is 37.7. The zero-order valence-electron chi connectivity index (χ0n) is 10.3. The van der Waals surface area contributed by atoms with Gasteiger partial charge in [0, 0.05) is 4.47 Å². The Morgan fingerprint density at radius 3 is 2.55 bits per heavy atom. The number of rotatable bonds is 3. The van der Waals surface area contributed by atoms with Crippen LogP contribution in [0.3, 0.4) is 0 Å². The van der Waals surface area contributed by atoms with Crippen LogP contribution in [-0.2, 0) is 4.74 Å². The number of esters is 1. The molecule has 0 fully saturated rings. The molecule has 0 aliphatic rings. The summed E-state index contributed by atoms with van der Waals surface area (Å²) in [7, 11) is 1.16. The smallest absolute Gasteiger partial charge is 0.341 e. The average Bonchev–Trinajstić information content (AvgIpc) is 2.42. The fourth-order valence-electron chi connectivity index (χ4n) is 1.55. The van der Waals surface area contributed by atoms with E-state index in [1.165, 1.54) is 30.3 Å². The molecule has 0 saturated heterocycles. The summed E-state index contributed by atoms with van der Waals surface area (Å²) in [6.45, 7) is 0. The summed E-state index contributed by atoms with van der Waals surface area (Å²) in [5.74, 6) is -2.80. The van der Waals surface area contributed by atoms with Gasteiger partial charge in [0.25, 0.3) is 0 Å². The lowest BCUT2D eigenvalue weighted by molar-refractivity contribution is 0.0597. The second kappa shape index (κ2) is 6.00. The van der Waals surface area contributed by atoms with Crippen LogP contribution in [0.2, 0.25) is 0 Å². The largest absolute Gasteiger partial charge is 0.465 e. The quantitative estimate of drug-likeness (QED) is 0.780. The number of ether oxygens (including phenoxy) is 2. The third kappa shape index (κ3) is 2.96. The van der Waals surface area contributed by atoms with Crippen LogP contribution in [0.25, 0.3) is 0 Å². The predicted molar refractivity (Wildman–Crippen MR) is 71.9 cm³/mol. The molecule has 0 heterocycles. The van der Waals surface area contributed by atoms with Crippen molar-refractivity contribution in [1.29, 1.82) is 0 Å². The average molecular weight is 343 g/mol. The SMILES string of the molecule is COC(=O)c1cccc(F)c1Oc1ccc(Br)cc1F. The zero-order chi connectivity index (χ0) is 14.7. The first-order valence-electron chi connectivity index (χ1n) is 5.52. The van der Waals surface area contributed by atoms with Gasteiger partial charge in [0.05, 0.1) is 7.11 Å². The maximum absolute atomic E-state index is 13.8. The molecule has 2 rings (SSSR count). The topological polar surface area (TPSA) is 35.5 Å². The van der Waals surface area contributed by atoms with E-state index in [1.54, 1.807) is 0 Å². The van der Waals surface area contributed by atoms with Gasteiger partial charge in [-0.3, -0.25) is 0 Å². The minimum absolute atomic E-state index is 0.116. The molecule has 0 spiro atoms. The highest BCUT2D eigenvalue weighted by Gasteiger charge is 2.19. The minimum Gasteiger partial charge on any atom is -0.465 e. The molecule has 0 aromatic heterocycles. The number of methoxy groups -OCH3 is 1. The van der Waals surface area contributed by atoms with Crippen molar-refractivity contribution in [3.05, 3.63) is 58.1 Å². The molecule has 20 heavy (non-hydrogen) atoms. The van der Waals surface area contributed by atoms with Crippen LogP contribution in [0, 0.1) is 11.6 Å². The summed E-state index contributed by atoms with van der Waals surface area (Å²) >= 11 is 3.10. The van der Waals surface area contributed by atoms with Gasteiger partial charge in [0.1, 0.15) is 5.56 Å². The van der Waals surface area contributed by atoms with Crippen molar-refractivity contribution in [2.45, 2.75) is 0 Å². The van der Waals surface area contributed by atoms with E-state index < -0.39 is 17.6 Å². The van der Waals surface area contributed by atoms with E-state index in [-0.39, 0.29) is 17.1 Å². The molecule has 0 amide bonds. The zero-order valence-corrected chi connectivity index (χ0v) is 11.9. The van der Waals surface area contributed by atoms with Crippen LogP contribution in [0.4, 0.5) is 8.78 Å². The molecule has 0 saturated carbocycles. The summed E-state index contributed by atoms with van der Waals surface area (Å²) in [5, 5.41) is 0. The first-order chi connectivity index (χ1) is 9.52. The molecule has 2 aromatic rings. The number of para-hydroxylation sites is 1. The second-order valence-corrected chi connectivity index (χ2v) is 4.70. The van der Waals surface area contributed by atoms with Crippen molar-refractivity contribution in [1.82, 2.24) is 0 Å². The molecule has 0 radical (unpaired) electrons. The fraction of sp³-hybridized carbons (Fsp3) is 0.0714. The van der Waals surface area contributed by atoms with Crippen molar-refractivity contribution < 1.29 is 23.0 Å². The van der Waals surface area contributed by atoms with Gasteiger partial charge in [0.2, 0.25) is 0 Å². The molecule has 6 heteroatoms. The van der Waals surface area contributed by atoms with E-state index >= 15 is 0 Å². The van der Waals surface area contributed by atoms with Crippen molar-refractivity contribution in [2.75, 3.05) is 7.11 Å². The van der Waals surface area contributed by atoms with Crippen molar-refractivity contribution in [2.24, 2.45) is 0 Å². The van der Waals surface area contributed by atoms with Crippen LogP contribution >= 0.6 is 15.9 Å². The fourth-order valence-corrected chi connectivity index (χ4v) is 1.88. The summed E-state index contributed by atoms with van der Waals surface area (Å²) in [5.41, 5.74) is -0.116. The van der Waals surface area contributed by atoms with E-state index in [2.05, 4.69) is 20.7 Å². The summed E-state index contributed by atoms with van der Waals surface area (Å²) in [6, 6.07) is 7.82. The van der Waals surface area contributed by atoms with Gasteiger partial charge < -0.3 is 9.47 Å². The number of carbonyl (C=O) groups excluding carboxylic acids is 1. The maximum atomic E-state index is 13.8. The Labute approximate surface area is 122 Å². The molecule has 104 valence electrons. The van der Waals surface area contributed by atoms with Crippen molar-refractivity contribution in [3.8, 4) is 11.5 Å². The first kappa shape index (κ1) is 14.5. The number of halogens is 3. The Kier molecular flexibility index (Phi) is 4.34. The van der Waals surface area contributed by atoms with Crippen molar-refractivity contribution >= 4 is 21.9 Å². The predicted octanol–water partition coefficient (Wildman–Crippen LogP) is 4.31. The number of hydrogen-bond donors (Lipinski definition) is 0. The molecule has 0 atom stereocenters. The van der Waals surface area contributed by atoms with E-state index in [0.717, 1.165) is 13.2 Å². The molecular weight excluding hydrogens is 334 g/mol. The van der Waals surface area contributed by atoms with E-state index in [1.807, 2.05) is 0 Å². The number of benzene rings is 2. The molecule has 0 aliphatic carbocycles. The monoisotopic (exact) mass is 342 g/mol.